The molecule has 7 heteroatoms. The summed E-state index contributed by atoms with van der Waals surface area (Å²) in [7, 11) is 1.28. The van der Waals surface area contributed by atoms with Crippen LogP contribution in [0.1, 0.15) is 37.6 Å². The van der Waals surface area contributed by atoms with Gasteiger partial charge in [-0.15, -0.1) is 0 Å². The van der Waals surface area contributed by atoms with Crippen molar-refractivity contribution in [2.24, 2.45) is 5.92 Å². The zero-order valence-corrected chi connectivity index (χ0v) is 15.1. The molecule has 0 spiro atoms. The highest BCUT2D eigenvalue weighted by Gasteiger charge is 2.18. The fourth-order valence-corrected chi connectivity index (χ4v) is 2.25. The van der Waals surface area contributed by atoms with Crippen molar-refractivity contribution in [3.05, 3.63) is 28.8 Å². The molecule has 0 bridgehead atoms. The number of hydrogen-bond donors (Lipinski definition) is 1. The molecule has 0 aliphatic heterocycles. The van der Waals surface area contributed by atoms with E-state index in [1.165, 1.54) is 37.1 Å². The summed E-state index contributed by atoms with van der Waals surface area (Å²) in [5, 5.41) is 3.12. The van der Waals surface area contributed by atoms with Crippen molar-refractivity contribution in [3.8, 4) is 0 Å². The van der Waals surface area contributed by atoms with Crippen molar-refractivity contribution in [1.29, 1.82) is 0 Å². The first-order chi connectivity index (χ1) is 11.3. The van der Waals surface area contributed by atoms with Crippen LogP contribution in [0.25, 0.3) is 0 Å². The highest BCUT2D eigenvalue weighted by molar-refractivity contribution is 6.34. The summed E-state index contributed by atoms with van der Waals surface area (Å²) in [6.07, 6.45) is 0.144. The fraction of sp³-hybridized carbons (Fsp3) is 0.471. The van der Waals surface area contributed by atoms with E-state index in [0.717, 1.165) is 0 Å². The van der Waals surface area contributed by atoms with Crippen LogP contribution >= 0.6 is 11.6 Å². The van der Waals surface area contributed by atoms with Crippen LogP contribution in [-0.4, -0.2) is 38.0 Å². The van der Waals surface area contributed by atoms with Gasteiger partial charge in [0.15, 0.2) is 0 Å². The number of rotatable bonds is 7. The minimum atomic E-state index is -0.522. The van der Waals surface area contributed by atoms with Gasteiger partial charge in [0.25, 0.3) is 0 Å². The van der Waals surface area contributed by atoms with E-state index in [2.05, 4.69) is 10.1 Å². The van der Waals surface area contributed by atoms with Crippen molar-refractivity contribution < 1.29 is 19.1 Å². The van der Waals surface area contributed by atoms with Gasteiger partial charge >= 0.3 is 5.97 Å². The summed E-state index contributed by atoms with van der Waals surface area (Å²) < 4.78 is 4.67. The van der Waals surface area contributed by atoms with E-state index in [9.17, 15) is 14.4 Å². The third kappa shape index (κ3) is 5.85. The van der Waals surface area contributed by atoms with E-state index in [1.807, 2.05) is 13.8 Å². The van der Waals surface area contributed by atoms with Gasteiger partial charge in [0.05, 0.1) is 23.4 Å². The van der Waals surface area contributed by atoms with Crippen molar-refractivity contribution in [2.75, 3.05) is 25.1 Å². The van der Waals surface area contributed by atoms with Gasteiger partial charge in [0, 0.05) is 26.4 Å². The number of methoxy groups -OCH3 is 1. The molecule has 0 fully saturated rings. The van der Waals surface area contributed by atoms with Gasteiger partial charge in [-0.05, 0) is 24.1 Å². The van der Waals surface area contributed by atoms with Crippen LogP contribution < -0.4 is 10.2 Å². The number of ether oxygens (including phenoxy) is 1. The molecule has 0 radical (unpaired) electrons. The van der Waals surface area contributed by atoms with Crippen LogP contribution in [0.15, 0.2) is 18.2 Å². The topological polar surface area (TPSA) is 75.7 Å². The number of nitrogens with one attached hydrogen (secondary N) is 1. The Hall–Kier alpha value is -2.08. The third-order valence-electron chi connectivity index (χ3n) is 3.31. The largest absolute Gasteiger partial charge is 0.465 e. The quantitative estimate of drug-likeness (QED) is 0.764. The number of halogens is 1. The lowest BCUT2D eigenvalue weighted by atomic mass is 10.1. The average Bonchev–Trinajstić information content (AvgIpc) is 2.53. The predicted octanol–water partition coefficient (Wildman–Crippen LogP) is 2.64. The highest BCUT2D eigenvalue weighted by atomic mass is 35.5. The summed E-state index contributed by atoms with van der Waals surface area (Å²) >= 11 is 6.15. The molecule has 0 aliphatic rings. The van der Waals surface area contributed by atoms with Crippen LogP contribution in [-0.2, 0) is 14.3 Å². The Kier molecular flexibility index (Phi) is 7.71. The zero-order valence-electron chi connectivity index (χ0n) is 14.4. The van der Waals surface area contributed by atoms with Gasteiger partial charge in [0.1, 0.15) is 0 Å². The number of carbonyl (C=O) groups excluding carboxylic acids is 3. The molecule has 0 aliphatic carbocycles. The first kappa shape index (κ1) is 20.0. The van der Waals surface area contributed by atoms with Crippen molar-refractivity contribution in [2.45, 2.75) is 27.2 Å². The van der Waals surface area contributed by atoms with E-state index in [0.29, 0.717) is 23.2 Å². The van der Waals surface area contributed by atoms with Crippen molar-refractivity contribution in [3.63, 3.8) is 0 Å². The van der Waals surface area contributed by atoms with Crippen LogP contribution in [0.5, 0.6) is 0 Å². The van der Waals surface area contributed by atoms with Crippen LogP contribution in [0.4, 0.5) is 5.69 Å². The van der Waals surface area contributed by atoms with Crippen LogP contribution in [0.3, 0.4) is 0 Å². The SMILES string of the molecule is COC(=O)c1ccc(Cl)c(N(CCC(=O)NCC(C)C)C(C)=O)c1. The summed E-state index contributed by atoms with van der Waals surface area (Å²) in [6.45, 7) is 6.13. The summed E-state index contributed by atoms with van der Waals surface area (Å²) in [4.78, 5) is 36.8. The maximum absolute atomic E-state index is 11.9. The number of nitrogens with zero attached hydrogens (tertiary/aromatic N) is 1. The Labute approximate surface area is 147 Å². The molecule has 0 saturated carbocycles. The maximum Gasteiger partial charge on any atom is 0.337 e. The second-order valence-corrected chi connectivity index (χ2v) is 6.18. The lowest BCUT2D eigenvalue weighted by Gasteiger charge is -2.22. The van der Waals surface area contributed by atoms with Crippen LogP contribution in [0.2, 0.25) is 5.02 Å². The Morgan fingerprint density at radius 2 is 1.96 bits per heavy atom. The predicted molar refractivity (Wildman–Crippen MR) is 93.3 cm³/mol. The van der Waals surface area contributed by atoms with Gasteiger partial charge < -0.3 is 15.0 Å². The normalized spacial score (nSPS) is 10.4. The monoisotopic (exact) mass is 354 g/mol. The number of amides is 2. The average molecular weight is 355 g/mol. The van der Waals surface area contributed by atoms with E-state index >= 15 is 0 Å². The Balaban J connectivity index is 2.90. The van der Waals surface area contributed by atoms with Crippen LogP contribution in [0, 0.1) is 5.92 Å². The van der Waals surface area contributed by atoms with Gasteiger partial charge in [0.2, 0.25) is 11.8 Å². The number of benzene rings is 1. The summed E-state index contributed by atoms with van der Waals surface area (Å²) in [5.41, 5.74) is 0.663. The summed E-state index contributed by atoms with van der Waals surface area (Å²) in [6, 6.07) is 4.53. The molecule has 24 heavy (non-hydrogen) atoms. The molecule has 0 atom stereocenters. The Morgan fingerprint density at radius 3 is 2.50 bits per heavy atom. The van der Waals surface area contributed by atoms with Crippen molar-refractivity contribution in [1.82, 2.24) is 5.32 Å². The Morgan fingerprint density at radius 1 is 1.29 bits per heavy atom. The first-order valence-corrected chi connectivity index (χ1v) is 8.06. The molecule has 1 aromatic rings. The standard InChI is InChI=1S/C17H23ClN2O4/c1-11(2)10-19-16(22)7-8-20(12(3)21)15-9-13(17(23)24-4)5-6-14(15)18/h5-6,9,11H,7-8,10H2,1-4H3,(H,19,22). The highest BCUT2D eigenvalue weighted by Crippen LogP contribution is 2.27. The van der Waals surface area contributed by atoms with Gasteiger partial charge in [-0.1, -0.05) is 25.4 Å². The minimum absolute atomic E-state index is 0.143. The molecule has 132 valence electrons. The molecule has 0 unspecified atom stereocenters. The number of esters is 1. The molecule has 0 heterocycles. The smallest absolute Gasteiger partial charge is 0.337 e. The molecule has 1 N–H and O–H groups in total. The van der Waals surface area contributed by atoms with Gasteiger partial charge in [-0.2, -0.15) is 0 Å². The lowest BCUT2D eigenvalue weighted by molar-refractivity contribution is -0.121. The maximum atomic E-state index is 11.9. The van der Waals surface area contributed by atoms with Gasteiger partial charge in [-0.3, -0.25) is 9.59 Å². The molecular weight excluding hydrogens is 332 g/mol. The number of carbonyl (C=O) groups is 3. The van der Waals surface area contributed by atoms with Crippen molar-refractivity contribution >= 4 is 35.1 Å². The number of anilines is 1. The second-order valence-electron chi connectivity index (χ2n) is 5.78. The molecule has 2 amide bonds. The summed E-state index contributed by atoms with van der Waals surface area (Å²) in [5.74, 6) is -0.582. The Bertz CT molecular complexity index is 617. The van der Waals surface area contributed by atoms with E-state index in [1.54, 1.807) is 0 Å². The second kappa shape index (κ2) is 9.27. The van der Waals surface area contributed by atoms with Gasteiger partial charge in [-0.25, -0.2) is 4.79 Å². The van der Waals surface area contributed by atoms with E-state index in [-0.39, 0.29) is 30.3 Å². The molecule has 0 saturated heterocycles. The molecular formula is C17H23ClN2O4. The number of hydrogen-bond acceptors (Lipinski definition) is 4. The molecule has 1 aromatic carbocycles. The minimum Gasteiger partial charge on any atom is -0.465 e. The fourth-order valence-electron chi connectivity index (χ4n) is 2.03. The van der Waals surface area contributed by atoms with E-state index in [4.69, 9.17) is 11.6 Å². The molecule has 1 rings (SSSR count). The van der Waals surface area contributed by atoms with E-state index < -0.39 is 5.97 Å². The molecule has 0 aromatic heterocycles. The lowest BCUT2D eigenvalue weighted by Crippen LogP contribution is -2.35. The third-order valence-corrected chi connectivity index (χ3v) is 3.63. The molecule has 6 nitrogen and oxygen atoms in total. The first-order valence-electron chi connectivity index (χ1n) is 7.69. The zero-order chi connectivity index (χ0) is 18.3.